The first kappa shape index (κ1) is 30.9. The van der Waals surface area contributed by atoms with Gasteiger partial charge in [-0.05, 0) is 60.9 Å². The van der Waals surface area contributed by atoms with Crippen molar-refractivity contribution in [3.05, 3.63) is 97.9 Å². The molecule has 0 aliphatic carbocycles. The van der Waals surface area contributed by atoms with E-state index < -0.39 is 0 Å². The zero-order valence-corrected chi connectivity index (χ0v) is 27.2. The van der Waals surface area contributed by atoms with E-state index in [4.69, 9.17) is 32.7 Å². The zero-order valence-electron chi connectivity index (χ0n) is 24.0. The molecular weight excluding hydrogens is 625 g/mol. The number of aryl methyl sites for hydroxylation is 1. The Hall–Kier alpha value is -3.57. The van der Waals surface area contributed by atoms with Crippen LogP contribution in [-0.4, -0.2) is 58.4 Å². The van der Waals surface area contributed by atoms with Crippen LogP contribution in [0.4, 0.5) is 0 Å². The van der Waals surface area contributed by atoms with E-state index in [-0.39, 0.29) is 5.91 Å². The number of amides is 1. The van der Waals surface area contributed by atoms with Crippen LogP contribution in [0.25, 0.3) is 17.1 Å². The quantitative estimate of drug-likeness (QED) is 0.136. The summed E-state index contributed by atoms with van der Waals surface area (Å²) in [7, 11) is 4.99. The summed E-state index contributed by atoms with van der Waals surface area (Å²) in [5.41, 5.74) is 4.10. The van der Waals surface area contributed by atoms with E-state index in [0.29, 0.717) is 56.9 Å². The second-order valence-corrected chi connectivity index (χ2v) is 12.4. The molecule has 0 aliphatic heterocycles. The number of rotatable bonds is 11. The number of thioether (sulfide) groups is 1. The van der Waals surface area contributed by atoms with Crippen LogP contribution in [0.1, 0.15) is 26.6 Å². The van der Waals surface area contributed by atoms with Crippen LogP contribution in [-0.2, 0) is 12.2 Å². The van der Waals surface area contributed by atoms with Crippen molar-refractivity contribution >= 4 is 52.2 Å². The number of ether oxygens (including phenoxy) is 2. The molecule has 5 rings (SSSR count). The maximum absolute atomic E-state index is 13.1. The van der Waals surface area contributed by atoms with Crippen LogP contribution in [0.3, 0.4) is 0 Å². The third-order valence-corrected chi connectivity index (χ3v) is 9.32. The first-order valence-electron chi connectivity index (χ1n) is 13.3. The van der Waals surface area contributed by atoms with Gasteiger partial charge in [0.2, 0.25) is 0 Å². The minimum absolute atomic E-state index is 0.133. The predicted molar refractivity (Wildman–Crippen MR) is 173 cm³/mol. The van der Waals surface area contributed by atoms with E-state index >= 15 is 0 Å². The monoisotopic (exact) mass is 653 g/mol. The van der Waals surface area contributed by atoms with E-state index in [1.807, 2.05) is 72.2 Å². The molecule has 0 fully saturated rings. The van der Waals surface area contributed by atoms with E-state index in [0.717, 1.165) is 27.4 Å². The first-order valence-corrected chi connectivity index (χ1v) is 15.9. The molecule has 0 saturated carbocycles. The van der Waals surface area contributed by atoms with E-state index in [9.17, 15) is 4.79 Å². The molecule has 8 nitrogen and oxygen atoms in total. The molecular formula is C31H29Cl2N5O3S2. The molecule has 0 N–H and O–H groups in total. The summed E-state index contributed by atoms with van der Waals surface area (Å²) in [5.74, 6) is 2.32. The van der Waals surface area contributed by atoms with E-state index in [2.05, 4.69) is 15.2 Å². The Morgan fingerprint density at radius 2 is 1.81 bits per heavy atom. The Morgan fingerprint density at radius 3 is 2.58 bits per heavy atom. The highest BCUT2D eigenvalue weighted by molar-refractivity contribution is 7.98. The fourth-order valence-corrected chi connectivity index (χ4v) is 6.57. The summed E-state index contributed by atoms with van der Waals surface area (Å²) in [6, 6.07) is 19.0. The SMILES string of the molecule is COc1ccc(CCN(C)C(=O)c2csc(CSc3nnc(-c4ccccc4Cl)n3-c3cc(Cl)ccc3C)n2)cc1OC. The molecule has 0 radical (unpaired) electrons. The van der Waals surface area contributed by atoms with Crippen molar-refractivity contribution in [3.63, 3.8) is 0 Å². The molecule has 0 unspecified atom stereocenters. The van der Waals surface area contributed by atoms with Crippen molar-refractivity contribution in [2.75, 3.05) is 27.8 Å². The Balaban J connectivity index is 1.30. The highest BCUT2D eigenvalue weighted by Gasteiger charge is 2.21. The van der Waals surface area contributed by atoms with Crippen molar-refractivity contribution in [3.8, 4) is 28.6 Å². The molecule has 0 atom stereocenters. The van der Waals surface area contributed by atoms with Crippen LogP contribution in [0.2, 0.25) is 10.0 Å². The lowest BCUT2D eigenvalue weighted by Crippen LogP contribution is -2.29. The molecule has 0 aliphatic rings. The standard InChI is InChI=1S/C31H29Cl2N5O3S2/c1-19-9-11-21(32)16-25(19)38-29(22-7-5-6-8-23(22)33)35-36-31(38)43-18-28-34-24(17-42-28)30(39)37(2)14-13-20-10-12-26(40-3)27(15-20)41-4/h5-12,15-17H,13-14,18H2,1-4H3. The molecule has 0 saturated heterocycles. The average molecular weight is 655 g/mol. The number of carbonyl (C=O) groups excluding carboxylic acids is 1. The third kappa shape index (κ3) is 6.99. The van der Waals surface area contributed by atoms with Crippen molar-refractivity contribution in [2.24, 2.45) is 0 Å². The van der Waals surface area contributed by atoms with Gasteiger partial charge >= 0.3 is 0 Å². The third-order valence-electron chi connectivity index (χ3n) is 6.79. The van der Waals surface area contributed by atoms with Gasteiger partial charge in [0, 0.05) is 29.6 Å². The maximum atomic E-state index is 13.1. The van der Waals surface area contributed by atoms with Gasteiger partial charge in [-0.2, -0.15) is 0 Å². The lowest BCUT2D eigenvalue weighted by Gasteiger charge is -2.16. The van der Waals surface area contributed by atoms with Gasteiger partial charge in [0.1, 0.15) is 10.7 Å². The smallest absolute Gasteiger partial charge is 0.273 e. The Bertz CT molecular complexity index is 1760. The van der Waals surface area contributed by atoms with Crippen LogP contribution in [0.5, 0.6) is 11.5 Å². The minimum atomic E-state index is -0.133. The topological polar surface area (TPSA) is 82.4 Å². The number of hydrogen-bond acceptors (Lipinski definition) is 8. The van der Waals surface area contributed by atoms with Crippen LogP contribution >= 0.6 is 46.3 Å². The number of thiazole rings is 1. The largest absolute Gasteiger partial charge is 0.493 e. The average Bonchev–Trinajstić information content (AvgIpc) is 3.67. The number of methoxy groups -OCH3 is 2. The second-order valence-electron chi connectivity index (χ2n) is 9.63. The van der Waals surface area contributed by atoms with E-state index in [1.165, 1.54) is 23.1 Å². The van der Waals surface area contributed by atoms with Crippen LogP contribution in [0.15, 0.2) is 71.2 Å². The van der Waals surface area contributed by atoms with Gasteiger partial charge < -0.3 is 14.4 Å². The number of likely N-dealkylation sites (N-methyl/N-ethyl adjacent to an activating group) is 1. The van der Waals surface area contributed by atoms with Gasteiger partial charge in [0.15, 0.2) is 22.5 Å². The van der Waals surface area contributed by atoms with Gasteiger partial charge in [-0.3, -0.25) is 9.36 Å². The Labute approximate surface area is 268 Å². The van der Waals surface area contributed by atoms with E-state index in [1.54, 1.807) is 31.5 Å². The molecule has 222 valence electrons. The second kappa shape index (κ2) is 13.8. The normalized spacial score (nSPS) is 11.0. The van der Waals surface area contributed by atoms with Crippen LogP contribution < -0.4 is 9.47 Å². The Morgan fingerprint density at radius 1 is 1.02 bits per heavy atom. The number of nitrogens with zero attached hydrogens (tertiary/aromatic N) is 5. The maximum Gasteiger partial charge on any atom is 0.273 e. The van der Waals surface area contributed by atoms with Gasteiger partial charge in [0.25, 0.3) is 5.91 Å². The van der Waals surface area contributed by atoms with Crippen molar-refractivity contribution in [1.82, 2.24) is 24.6 Å². The lowest BCUT2D eigenvalue weighted by molar-refractivity contribution is 0.0791. The molecule has 3 aromatic carbocycles. The van der Waals surface area contributed by atoms with Crippen molar-refractivity contribution in [2.45, 2.75) is 24.3 Å². The highest BCUT2D eigenvalue weighted by Crippen LogP contribution is 2.35. The molecule has 2 aromatic heterocycles. The molecule has 43 heavy (non-hydrogen) atoms. The summed E-state index contributed by atoms with van der Waals surface area (Å²) >= 11 is 15.9. The van der Waals surface area contributed by atoms with Crippen molar-refractivity contribution < 1.29 is 14.3 Å². The summed E-state index contributed by atoms with van der Waals surface area (Å²) < 4.78 is 12.7. The highest BCUT2D eigenvalue weighted by atomic mass is 35.5. The number of benzene rings is 3. The predicted octanol–water partition coefficient (Wildman–Crippen LogP) is 7.63. The fraction of sp³-hybridized carbons (Fsp3) is 0.226. The molecule has 12 heteroatoms. The fourth-order valence-electron chi connectivity index (χ4n) is 4.45. The number of hydrogen-bond donors (Lipinski definition) is 0. The van der Waals surface area contributed by atoms with Crippen molar-refractivity contribution in [1.29, 1.82) is 0 Å². The van der Waals surface area contributed by atoms with Gasteiger partial charge in [-0.25, -0.2) is 4.98 Å². The van der Waals surface area contributed by atoms with Crippen LogP contribution in [0, 0.1) is 6.92 Å². The summed E-state index contributed by atoms with van der Waals surface area (Å²) in [4.78, 5) is 19.5. The number of halogens is 2. The molecule has 0 spiro atoms. The Kier molecular flexibility index (Phi) is 9.92. The molecule has 2 heterocycles. The summed E-state index contributed by atoms with van der Waals surface area (Å²) in [6.07, 6.45) is 0.668. The zero-order chi connectivity index (χ0) is 30.5. The number of aromatic nitrogens is 4. The molecule has 0 bridgehead atoms. The summed E-state index contributed by atoms with van der Waals surface area (Å²) in [6.45, 7) is 2.54. The summed E-state index contributed by atoms with van der Waals surface area (Å²) in [5, 5.41) is 13.4. The first-order chi connectivity index (χ1) is 20.8. The molecule has 5 aromatic rings. The number of carbonyl (C=O) groups is 1. The van der Waals surface area contributed by atoms with Gasteiger partial charge in [0.05, 0.1) is 30.7 Å². The lowest BCUT2D eigenvalue weighted by atomic mass is 10.1. The minimum Gasteiger partial charge on any atom is -0.493 e. The van der Waals surface area contributed by atoms with Gasteiger partial charge in [-0.15, -0.1) is 21.5 Å². The molecule has 1 amide bonds. The van der Waals surface area contributed by atoms with Gasteiger partial charge in [-0.1, -0.05) is 59.2 Å².